The minimum Gasteiger partial charge on any atom is -0.257 e. The molecule has 3 aromatic heterocycles. The molecule has 0 radical (unpaired) electrons. The van der Waals surface area contributed by atoms with Gasteiger partial charge in [-0.15, -0.1) is 0 Å². The Morgan fingerprint density at radius 3 is 2.84 bits per heavy atom. The van der Waals surface area contributed by atoms with Gasteiger partial charge in [-0.05, 0) is 18.2 Å². The van der Waals surface area contributed by atoms with Crippen LogP contribution in [0.2, 0.25) is 0 Å². The number of aryl methyl sites for hydroxylation is 1. The molecule has 3 heterocycles. The van der Waals surface area contributed by atoms with Gasteiger partial charge in [0, 0.05) is 12.3 Å². The highest BCUT2D eigenvalue weighted by Crippen LogP contribution is 2.08. The van der Waals surface area contributed by atoms with Crippen molar-refractivity contribution >= 4 is 17.3 Å². The Kier molecular flexibility index (Phi) is 2.72. The molecule has 19 heavy (non-hydrogen) atoms. The summed E-state index contributed by atoms with van der Waals surface area (Å²) in [6, 6.07) is 12.8. The third kappa shape index (κ3) is 2.06. The SMILES string of the molecule is C[n+]1c(Nc2ccccn2)cc(=O)n2ccccc21. The first-order valence-corrected chi connectivity index (χ1v) is 5.94. The number of anilines is 2. The second-order valence-electron chi connectivity index (χ2n) is 4.20. The summed E-state index contributed by atoms with van der Waals surface area (Å²) < 4.78 is 3.51. The summed E-state index contributed by atoms with van der Waals surface area (Å²) >= 11 is 0. The van der Waals surface area contributed by atoms with Crippen molar-refractivity contribution in [1.29, 1.82) is 0 Å². The van der Waals surface area contributed by atoms with E-state index in [1.54, 1.807) is 22.9 Å². The Morgan fingerprint density at radius 1 is 1.21 bits per heavy atom. The average Bonchev–Trinajstić information content (AvgIpc) is 2.46. The van der Waals surface area contributed by atoms with Crippen LogP contribution in [0.15, 0.2) is 59.7 Å². The molecule has 3 rings (SSSR count). The minimum absolute atomic E-state index is 0.0767. The topological polar surface area (TPSA) is 50.3 Å². The van der Waals surface area contributed by atoms with Crippen LogP contribution in [0.25, 0.3) is 5.65 Å². The lowest BCUT2D eigenvalue weighted by Crippen LogP contribution is -2.38. The van der Waals surface area contributed by atoms with Gasteiger partial charge in [0.25, 0.3) is 0 Å². The van der Waals surface area contributed by atoms with E-state index in [2.05, 4.69) is 10.3 Å². The van der Waals surface area contributed by atoms with Gasteiger partial charge < -0.3 is 0 Å². The number of pyridine rings is 2. The van der Waals surface area contributed by atoms with Gasteiger partial charge in [-0.2, -0.15) is 4.40 Å². The smallest absolute Gasteiger partial charge is 0.257 e. The van der Waals surface area contributed by atoms with Crippen LogP contribution >= 0.6 is 0 Å². The number of aromatic nitrogens is 3. The van der Waals surface area contributed by atoms with E-state index in [9.17, 15) is 4.79 Å². The highest BCUT2D eigenvalue weighted by atomic mass is 16.1. The van der Waals surface area contributed by atoms with E-state index in [-0.39, 0.29) is 5.56 Å². The van der Waals surface area contributed by atoms with Crippen molar-refractivity contribution in [3.8, 4) is 0 Å². The molecule has 0 saturated carbocycles. The summed E-state index contributed by atoms with van der Waals surface area (Å²) in [4.78, 5) is 16.2. The molecule has 0 aliphatic rings. The predicted octanol–water partition coefficient (Wildman–Crippen LogP) is 1.26. The molecule has 0 fully saturated rings. The van der Waals surface area contributed by atoms with Crippen LogP contribution in [0, 0.1) is 0 Å². The Bertz CT molecular complexity index is 780. The molecule has 5 nitrogen and oxygen atoms in total. The van der Waals surface area contributed by atoms with E-state index in [1.165, 1.54) is 0 Å². The zero-order valence-corrected chi connectivity index (χ0v) is 10.4. The third-order valence-corrected chi connectivity index (χ3v) is 2.96. The summed E-state index contributed by atoms with van der Waals surface area (Å²) in [6.07, 6.45) is 3.46. The number of hydrogen-bond acceptors (Lipinski definition) is 3. The molecule has 1 N–H and O–H groups in total. The number of nitrogens with one attached hydrogen (secondary N) is 1. The normalized spacial score (nSPS) is 10.6. The Balaban J connectivity index is 2.15. The second kappa shape index (κ2) is 4.53. The quantitative estimate of drug-likeness (QED) is 0.700. The first-order valence-electron chi connectivity index (χ1n) is 5.94. The van der Waals surface area contributed by atoms with Crippen molar-refractivity contribution < 1.29 is 4.57 Å². The maximum absolute atomic E-state index is 12.0. The van der Waals surface area contributed by atoms with Crippen LogP contribution in [0.5, 0.6) is 0 Å². The summed E-state index contributed by atoms with van der Waals surface area (Å²) in [7, 11) is 1.90. The standard InChI is InChI=1S/C14H12N4O/c1-17-12(16-11-6-2-4-8-15-11)10-14(19)18-9-5-3-7-13(17)18/h2-10H,1H3/p+1. The van der Waals surface area contributed by atoms with E-state index < -0.39 is 0 Å². The average molecular weight is 253 g/mol. The summed E-state index contributed by atoms with van der Waals surface area (Å²) in [6.45, 7) is 0. The molecule has 0 aliphatic heterocycles. The summed E-state index contributed by atoms with van der Waals surface area (Å²) in [5, 5.41) is 3.14. The molecule has 0 atom stereocenters. The highest BCUT2D eigenvalue weighted by Gasteiger charge is 2.12. The zero-order chi connectivity index (χ0) is 13.2. The van der Waals surface area contributed by atoms with Gasteiger partial charge in [0.2, 0.25) is 11.5 Å². The number of fused-ring (bicyclic) bond motifs is 1. The maximum Gasteiger partial charge on any atom is 0.317 e. The van der Waals surface area contributed by atoms with Gasteiger partial charge in [-0.3, -0.25) is 10.1 Å². The molecule has 94 valence electrons. The highest BCUT2D eigenvalue weighted by molar-refractivity contribution is 5.49. The minimum atomic E-state index is -0.0767. The Morgan fingerprint density at radius 2 is 2.05 bits per heavy atom. The molecule has 5 heteroatoms. The van der Waals surface area contributed by atoms with E-state index in [4.69, 9.17) is 0 Å². The van der Waals surface area contributed by atoms with Gasteiger partial charge >= 0.3 is 5.56 Å². The number of rotatable bonds is 2. The molecule has 0 amide bonds. The molecule has 3 aromatic rings. The van der Waals surface area contributed by atoms with Crippen LogP contribution in [0.1, 0.15) is 0 Å². The van der Waals surface area contributed by atoms with Crippen molar-refractivity contribution in [2.45, 2.75) is 0 Å². The second-order valence-corrected chi connectivity index (χ2v) is 4.20. The molecule has 0 aromatic carbocycles. The van der Waals surface area contributed by atoms with Crippen molar-refractivity contribution in [3.63, 3.8) is 0 Å². The summed E-state index contributed by atoms with van der Waals surface area (Å²) in [5.41, 5.74) is 0.737. The fourth-order valence-corrected chi connectivity index (χ4v) is 1.99. The molecular formula is C14H13N4O+. The van der Waals surface area contributed by atoms with Crippen LogP contribution in [0.3, 0.4) is 0 Å². The monoisotopic (exact) mass is 253 g/mol. The first kappa shape index (κ1) is 11.4. The van der Waals surface area contributed by atoms with E-state index >= 15 is 0 Å². The lowest BCUT2D eigenvalue weighted by Gasteiger charge is -2.06. The van der Waals surface area contributed by atoms with E-state index in [1.807, 2.05) is 48.0 Å². The Labute approximate surface area is 109 Å². The van der Waals surface area contributed by atoms with Gasteiger partial charge in [0.05, 0.1) is 19.3 Å². The fourth-order valence-electron chi connectivity index (χ4n) is 1.99. The van der Waals surface area contributed by atoms with Gasteiger partial charge in [-0.1, -0.05) is 12.1 Å². The number of nitrogens with zero attached hydrogens (tertiary/aromatic N) is 3. The van der Waals surface area contributed by atoms with Crippen molar-refractivity contribution in [2.24, 2.45) is 7.05 Å². The number of hydrogen-bond donors (Lipinski definition) is 1. The van der Waals surface area contributed by atoms with E-state index in [0.29, 0.717) is 11.6 Å². The van der Waals surface area contributed by atoms with Crippen LogP contribution in [-0.4, -0.2) is 9.38 Å². The van der Waals surface area contributed by atoms with Gasteiger partial charge in [0.1, 0.15) is 0 Å². The Hall–Kier alpha value is -2.69. The van der Waals surface area contributed by atoms with Crippen LogP contribution in [-0.2, 0) is 7.05 Å². The molecule has 0 aliphatic carbocycles. The zero-order valence-electron chi connectivity index (χ0n) is 10.4. The van der Waals surface area contributed by atoms with Crippen molar-refractivity contribution in [3.05, 3.63) is 65.2 Å². The first-order chi connectivity index (χ1) is 9.25. The van der Waals surface area contributed by atoms with Gasteiger partial charge in [0.15, 0.2) is 5.82 Å². The third-order valence-electron chi connectivity index (χ3n) is 2.96. The molecule has 0 bridgehead atoms. The molecule has 0 unspecified atom stereocenters. The largest absolute Gasteiger partial charge is 0.317 e. The molecule has 0 saturated heterocycles. The lowest BCUT2D eigenvalue weighted by atomic mass is 10.4. The fraction of sp³-hybridized carbons (Fsp3) is 0.0714. The van der Waals surface area contributed by atoms with Gasteiger partial charge in [-0.25, -0.2) is 9.55 Å². The predicted molar refractivity (Wildman–Crippen MR) is 72.4 cm³/mol. The summed E-state index contributed by atoms with van der Waals surface area (Å²) in [5.74, 6) is 1.41. The van der Waals surface area contributed by atoms with Crippen molar-refractivity contribution in [2.75, 3.05) is 5.32 Å². The maximum atomic E-state index is 12.0. The van der Waals surface area contributed by atoms with E-state index in [0.717, 1.165) is 5.65 Å². The molecule has 0 spiro atoms. The van der Waals surface area contributed by atoms with Crippen molar-refractivity contribution in [1.82, 2.24) is 9.38 Å². The molecular weight excluding hydrogens is 240 g/mol. The van der Waals surface area contributed by atoms with Crippen LogP contribution in [0.4, 0.5) is 11.6 Å². The lowest BCUT2D eigenvalue weighted by molar-refractivity contribution is -0.633. The van der Waals surface area contributed by atoms with Crippen LogP contribution < -0.4 is 15.4 Å².